The number of benzene rings is 1. The molecular weight excluding hydrogens is 194 g/mol. The Morgan fingerprint density at radius 1 is 0.938 bits per heavy atom. The van der Waals surface area contributed by atoms with E-state index in [0.29, 0.717) is 0 Å². The number of pyridine rings is 1. The molecule has 1 heteroatoms. The first kappa shape index (κ1) is 9.59. The predicted octanol–water partition coefficient (Wildman–Crippen LogP) is 4.19. The molecule has 0 bridgehead atoms. The molecule has 16 heavy (non-hydrogen) atoms. The second kappa shape index (κ2) is 4.09. The highest BCUT2D eigenvalue weighted by Crippen LogP contribution is 2.26. The molecule has 0 atom stereocenters. The zero-order valence-corrected chi connectivity index (χ0v) is 9.32. The molecule has 0 fully saturated rings. The van der Waals surface area contributed by atoms with E-state index in [4.69, 9.17) is 4.98 Å². The molecular formula is C15H15N. The van der Waals surface area contributed by atoms with Crippen molar-refractivity contribution in [1.82, 2.24) is 4.98 Å². The van der Waals surface area contributed by atoms with Crippen LogP contribution in [-0.2, 0) is 0 Å². The second-order valence-corrected chi connectivity index (χ2v) is 4.36. The van der Waals surface area contributed by atoms with Gasteiger partial charge in [-0.3, -0.25) is 0 Å². The Morgan fingerprint density at radius 2 is 1.88 bits per heavy atom. The van der Waals surface area contributed by atoms with Crippen LogP contribution in [0.4, 0.5) is 0 Å². The Bertz CT molecular complexity index is 540. The molecule has 1 nitrogen and oxygen atoms in total. The molecule has 0 unspecified atom stereocenters. The fourth-order valence-corrected chi connectivity index (χ4v) is 2.32. The Morgan fingerprint density at radius 3 is 2.75 bits per heavy atom. The quantitative estimate of drug-likeness (QED) is 0.686. The highest BCUT2D eigenvalue weighted by atomic mass is 14.7. The van der Waals surface area contributed by atoms with Crippen molar-refractivity contribution in [3.8, 4) is 0 Å². The van der Waals surface area contributed by atoms with Crippen molar-refractivity contribution in [1.29, 1.82) is 0 Å². The summed E-state index contributed by atoms with van der Waals surface area (Å²) in [5.74, 6) is 0. The average Bonchev–Trinajstić information content (AvgIpc) is 2.39. The molecule has 0 radical (unpaired) electrons. The lowest BCUT2D eigenvalue weighted by atomic mass is 9.96. The molecule has 1 heterocycles. The third kappa shape index (κ3) is 1.73. The molecule has 2 aromatic rings. The Balaban J connectivity index is 2.07. The summed E-state index contributed by atoms with van der Waals surface area (Å²) in [5, 5.41) is 1.22. The minimum absolute atomic E-state index is 1.10. The minimum Gasteiger partial charge on any atom is -0.248 e. The Kier molecular flexibility index (Phi) is 2.45. The zero-order chi connectivity index (χ0) is 10.8. The van der Waals surface area contributed by atoms with Gasteiger partial charge in [0.05, 0.1) is 11.2 Å². The third-order valence-corrected chi connectivity index (χ3v) is 3.22. The van der Waals surface area contributed by atoms with Crippen LogP contribution in [0, 0.1) is 0 Å². The van der Waals surface area contributed by atoms with Crippen molar-refractivity contribution in [2.75, 3.05) is 0 Å². The van der Waals surface area contributed by atoms with Crippen molar-refractivity contribution in [2.24, 2.45) is 0 Å². The SMILES string of the molecule is C1=C(c2ccc3ccccc3n2)CCCC1. The van der Waals surface area contributed by atoms with Crippen LogP contribution in [-0.4, -0.2) is 4.98 Å². The van der Waals surface area contributed by atoms with Gasteiger partial charge in [-0.25, -0.2) is 4.98 Å². The molecule has 0 N–H and O–H groups in total. The number of hydrogen-bond donors (Lipinski definition) is 0. The molecule has 1 aliphatic rings. The van der Waals surface area contributed by atoms with Gasteiger partial charge in [0.25, 0.3) is 0 Å². The van der Waals surface area contributed by atoms with E-state index in [9.17, 15) is 0 Å². The maximum Gasteiger partial charge on any atom is 0.0709 e. The van der Waals surface area contributed by atoms with Gasteiger partial charge in [0, 0.05) is 5.39 Å². The van der Waals surface area contributed by atoms with Gasteiger partial charge in [0.2, 0.25) is 0 Å². The molecule has 0 spiro atoms. The van der Waals surface area contributed by atoms with Gasteiger partial charge in [-0.15, -0.1) is 0 Å². The summed E-state index contributed by atoms with van der Waals surface area (Å²) in [4.78, 5) is 4.73. The van der Waals surface area contributed by atoms with Gasteiger partial charge in [0.15, 0.2) is 0 Å². The third-order valence-electron chi connectivity index (χ3n) is 3.22. The van der Waals surface area contributed by atoms with E-state index in [1.807, 2.05) is 6.07 Å². The molecule has 80 valence electrons. The number of rotatable bonds is 1. The van der Waals surface area contributed by atoms with Crippen LogP contribution in [0.2, 0.25) is 0 Å². The van der Waals surface area contributed by atoms with E-state index in [1.54, 1.807) is 0 Å². The summed E-state index contributed by atoms with van der Waals surface area (Å²) in [6.07, 6.45) is 7.38. The van der Waals surface area contributed by atoms with Crippen LogP contribution in [0.1, 0.15) is 31.4 Å². The van der Waals surface area contributed by atoms with Crippen molar-refractivity contribution < 1.29 is 0 Å². The topological polar surface area (TPSA) is 12.9 Å². The number of hydrogen-bond acceptors (Lipinski definition) is 1. The molecule has 0 aliphatic heterocycles. The Hall–Kier alpha value is -1.63. The van der Waals surface area contributed by atoms with Crippen LogP contribution in [0.3, 0.4) is 0 Å². The van der Waals surface area contributed by atoms with E-state index < -0.39 is 0 Å². The highest BCUT2D eigenvalue weighted by Gasteiger charge is 2.07. The van der Waals surface area contributed by atoms with Gasteiger partial charge in [-0.2, -0.15) is 0 Å². The standard InChI is InChI=1S/C15H15N/c1-2-6-12(7-3-1)15-11-10-13-8-4-5-9-14(13)16-15/h4-6,8-11H,1-3,7H2. The van der Waals surface area contributed by atoms with Crippen LogP contribution in [0.15, 0.2) is 42.5 Å². The summed E-state index contributed by atoms with van der Waals surface area (Å²) in [7, 11) is 0. The first-order valence-electron chi connectivity index (χ1n) is 5.99. The molecule has 1 aromatic heterocycles. The lowest BCUT2D eigenvalue weighted by Crippen LogP contribution is -1.94. The molecule has 1 aromatic carbocycles. The average molecular weight is 209 g/mol. The van der Waals surface area contributed by atoms with Gasteiger partial charge >= 0.3 is 0 Å². The van der Waals surface area contributed by atoms with Gasteiger partial charge < -0.3 is 0 Å². The predicted molar refractivity (Wildman–Crippen MR) is 68.2 cm³/mol. The second-order valence-electron chi connectivity index (χ2n) is 4.36. The first-order chi connectivity index (χ1) is 7.93. The van der Waals surface area contributed by atoms with Crippen molar-refractivity contribution in [3.05, 3.63) is 48.2 Å². The first-order valence-corrected chi connectivity index (χ1v) is 5.99. The number of para-hydroxylation sites is 1. The van der Waals surface area contributed by atoms with E-state index in [2.05, 4.69) is 36.4 Å². The highest BCUT2D eigenvalue weighted by molar-refractivity contribution is 5.80. The fourth-order valence-electron chi connectivity index (χ4n) is 2.32. The van der Waals surface area contributed by atoms with Crippen LogP contribution in [0.25, 0.3) is 16.5 Å². The minimum atomic E-state index is 1.10. The normalized spacial score (nSPS) is 16.1. The van der Waals surface area contributed by atoms with Crippen molar-refractivity contribution >= 4 is 16.5 Å². The Labute approximate surface area is 95.8 Å². The summed E-state index contributed by atoms with van der Waals surface area (Å²) >= 11 is 0. The number of allylic oxidation sites excluding steroid dienone is 2. The fraction of sp³-hybridized carbons (Fsp3) is 0.267. The molecule has 3 rings (SSSR count). The summed E-state index contributed by atoms with van der Waals surface area (Å²) in [5.41, 5.74) is 3.70. The van der Waals surface area contributed by atoms with Crippen LogP contribution >= 0.6 is 0 Å². The summed E-state index contributed by atoms with van der Waals surface area (Å²) in [6, 6.07) is 12.6. The largest absolute Gasteiger partial charge is 0.248 e. The lowest BCUT2D eigenvalue weighted by Gasteiger charge is -2.12. The number of aromatic nitrogens is 1. The van der Waals surface area contributed by atoms with E-state index >= 15 is 0 Å². The summed E-state index contributed by atoms with van der Waals surface area (Å²) in [6.45, 7) is 0. The van der Waals surface area contributed by atoms with Gasteiger partial charge in [-0.05, 0) is 43.4 Å². The van der Waals surface area contributed by atoms with Crippen LogP contribution in [0.5, 0.6) is 0 Å². The maximum absolute atomic E-state index is 4.73. The monoisotopic (exact) mass is 209 g/mol. The van der Waals surface area contributed by atoms with E-state index in [0.717, 1.165) is 5.52 Å². The zero-order valence-electron chi connectivity index (χ0n) is 9.32. The van der Waals surface area contributed by atoms with Crippen LogP contribution < -0.4 is 0 Å². The maximum atomic E-state index is 4.73. The van der Waals surface area contributed by atoms with Crippen molar-refractivity contribution in [2.45, 2.75) is 25.7 Å². The smallest absolute Gasteiger partial charge is 0.0709 e. The molecule has 0 amide bonds. The molecule has 1 aliphatic carbocycles. The number of nitrogens with zero attached hydrogens (tertiary/aromatic N) is 1. The van der Waals surface area contributed by atoms with E-state index in [1.165, 1.54) is 42.3 Å². The summed E-state index contributed by atoms with van der Waals surface area (Å²) < 4.78 is 0. The van der Waals surface area contributed by atoms with Gasteiger partial charge in [0.1, 0.15) is 0 Å². The molecule has 0 saturated carbocycles. The van der Waals surface area contributed by atoms with E-state index in [-0.39, 0.29) is 0 Å². The lowest BCUT2D eigenvalue weighted by molar-refractivity contribution is 0.740. The van der Waals surface area contributed by atoms with Crippen molar-refractivity contribution in [3.63, 3.8) is 0 Å². The van der Waals surface area contributed by atoms with Gasteiger partial charge in [-0.1, -0.05) is 30.3 Å². The molecule has 0 saturated heterocycles. The number of fused-ring (bicyclic) bond motifs is 1.